The molecule has 5 heteroatoms. The number of esters is 1. The Balaban J connectivity index is 1.91. The maximum atomic E-state index is 14.1. The van der Waals surface area contributed by atoms with Gasteiger partial charge in [0.15, 0.2) is 14.1 Å². The number of Topliss-reactive ketones (excluding diaryl/α,β-unsaturated/α-hetero) is 1. The molecule has 0 spiro atoms. The van der Waals surface area contributed by atoms with E-state index in [1.54, 1.807) is 0 Å². The molecule has 1 saturated carbocycles. The van der Waals surface area contributed by atoms with Crippen LogP contribution in [0.2, 0.25) is 18.1 Å². The molecule has 0 N–H and O–H groups in total. The van der Waals surface area contributed by atoms with Crippen molar-refractivity contribution in [2.45, 2.75) is 92.0 Å². The lowest BCUT2D eigenvalue weighted by molar-refractivity contribution is -0.133. The Morgan fingerprint density at radius 2 is 1.77 bits per heavy atom. The third-order valence-electron chi connectivity index (χ3n) is 8.82. The smallest absolute Gasteiger partial charge is 0.340 e. The van der Waals surface area contributed by atoms with Gasteiger partial charge in [-0.05, 0) is 43.3 Å². The van der Waals surface area contributed by atoms with Crippen LogP contribution in [0.3, 0.4) is 0 Å². The Labute approximate surface area is 188 Å². The second kappa shape index (κ2) is 6.77. The number of hydrogen-bond donors (Lipinski definition) is 0. The van der Waals surface area contributed by atoms with Gasteiger partial charge in [0.25, 0.3) is 0 Å². The molecule has 4 atom stereocenters. The summed E-state index contributed by atoms with van der Waals surface area (Å²) in [5.74, 6) is 0.661. The molecule has 0 aromatic rings. The van der Waals surface area contributed by atoms with Crippen LogP contribution in [0.1, 0.15) is 67.7 Å². The quantitative estimate of drug-likeness (QED) is 0.301. The molecule has 31 heavy (non-hydrogen) atoms. The van der Waals surface area contributed by atoms with E-state index >= 15 is 0 Å². The zero-order valence-corrected chi connectivity index (χ0v) is 21.6. The van der Waals surface area contributed by atoms with E-state index in [2.05, 4.69) is 73.7 Å². The van der Waals surface area contributed by atoms with Crippen molar-refractivity contribution in [1.29, 1.82) is 0 Å². The fraction of sp³-hybridized carbons (Fsp3) is 0.692. The van der Waals surface area contributed by atoms with Crippen LogP contribution >= 0.6 is 0 Å². The maximum Gasteiger partial charge on any atom is 0.340 e. The number of ether oxygens (including phenoxy) is 1. The van der Waals surface area contributed by atoms with Gasteiger partial charge < -0.3 is 9.16 Å². The molecule has 1 heterocycles. The van der Waals surface area contributed by atoms with Gasteiger partial charge in [-0.3, -0.25) is 4.79 Å². The van der Waals surface area contributed by atoms with Gasteiger partial charge in [-0.1, -0.05) is 60.6 Å². The molecular formula is C26H38O4Si. The monoisotopic (exact) mass is 442 g/mol. The third kappa shape index (κ3) is 3.10. The predicted octanol–water partition coefficient (Wildman–Crippen LogP) is 6.11. The van der Waals surface area contributed by atoms with Gasteiger partial charge in [0.05, 0.1) is 0 Å². The number of rotatable bonds is 3. The van der Waals surface area contributed by atoms with Crippen LogP contribution in [0.5, 0.6) is 0 Å². The summed E-state index contributed by atoms with van der Waals surface area (Å²) in [6.07, 6.45) is 6.20. The van der Waals surface area contributed by atoms with Crippen LogP contribution in [-0.2, 0) is 18.8 Å². The van der Waals surface area contributed by atoms with E-state index in [9.17, 15) is 9.59 Å². The van der Waals surface area contributed by atoms with E-state index in [-0.39, 0.29) is 39.5 Å². The summed E-state index contributed by atoms with van der Waals surface area (Å²) >= 11 is 0. The van der Waals surface area contributed by atoms with Crippen molar-refractivity contribution in [1.82, 2.24) is 0 Å². The van der Waals surface area contributed by atoms with Crippen LogP contribution in [-0.4, -0.2) is 26.2 Å². The number of carbonyl (C=O) groups excluding carboxylic acids is 2. The van der Waals surface area contributed by atoms with Gasteiger partial charge in [0.1, 0.15) is 11.9 Å². The highest BCUT2D eigenvalue weighted by Crippen LogP contribution is 2.62. The Hall–Kier alpha value is -1.46. The van der Waals surface area contributed by atoms with Crippen LogP contribution in [0, 0.1) is 22.7 Å². The summed E-state index contributed by atoms with van der Waals surface area (Å²) in [6.45, 7) is 19.8. The summed E-state index contributed by atoms with van der Waals surface area (Å²) in [6, 6.07) is 0. The molecule has 0 radical (unpaired) electrons. The fourth-order valence-electron chi connectivity index (χ4n) is 6.11. The first-order valence-electron chi connectivity index (χ1n) is 11.7. The van der Waals surface area contributed by atoms with Crippen molar-refractivity contribution >= 4 is 20.1 Å². The van der Waals surface area contributed by atoms with Crippen molar-refractivity contribution in [2.24, 2.45) is 22.7 Å². The maximum absolute atomic E-state index is 14.1. The first-order chi connectivity index (χ1) is 14.1. The lowest BCUT2D eigenvalue weighted by Gasteiger charge is -2.42. The first-order valence-corrected chi connectivity index (χ1v) is 14.7. The molecule has 170 valence electrons. The molecule has 0 amide bonds. The van der Waals surface area contributed by atoms with Crippen molar-refractivity contribution < 1.29 is 18.8 Å². The SMILES string of the molecule is CC(C)[C@H]1[C@H](O[Si](C)(C)C(C)(C)C)C(=O)C2=C3OC(=O)C4=C3[C@](C)(C=CC4)CC[C@@]21C. The summed E-state index contributed by atoms with van der Waals surface area (Å²) in [5.41, 5.74) is 1.78. The Morgan fingerprint density at radius 3 is 2.35 bits per heavy atom. The molecule has 4 nitrogen and oxygen atoms in total. The van der Waals surface area contributed by atoms with Crippen molar-refractivity contribution in [2.75, 3.05) is 0 Å². The van der Waals surface area contributed by atoms with Gasteiger partial charge in [-0.25, -0.2) is 4.79 Å². The van der Waals surface area contributed by atoms with Crippen LogP contribution in [0.4, 0.5) is 0 Å². The average molecular weight is 443 g/mol. The highest BCUT2D eigenvalue weighted by Gasteiger charge is 2.62. The minimum Gasteiger partial charge on any atom is -0.422 e. The van der Waals surface area contributed by atoms with Gasteiger partial charge in [0, 0.05) is 33.5 Å². The van der Waals surface area contributed by atoms with E-state index in [1.165, 1.54) is 0 Å². The van der Waals surface area contributed by atoms with Gasteiger partial charge in [-0.2, -0.15) is 0 Å². The van der Waals surface area contributed by atoms with Gasteiger partial charge >= 0.3 is 5.97 Å². The minimum atomic E-state index is -2.17. The molecule has 3 aliphatic carbocycles. The highest BCUT2D eigenvalue weighted by atomic mass is 28.4. The molecule has 0 unspecified atom stereocenters. The van der Waals surface area contributed by atoms with Gasteiger partial charge in [-0.15, -0.1) is 0 Å². The fourth-order valence-corrected chi connectivity index (χ4v) is 7.36. The average Bonchev–Trinajstić information content (AvgIpc) is 3.02. The Kier molecular flexibility index (Phi) is 4.96. The number of allylic oxidation sites excluding steroid dienone is 3. The molecule has 0 saturated heterocycles. The largest absolute Gasteiger partial charge is 0.422 e. The van der Waals surface area contributed by atoms with E-state index in [1.807, 2.05) is 0 Å². The second-order valence-electron chi connectivity index (χ2n) is 12.3. The summed E-state index contributed by atoms with van der Waals surface area (Å²) in [7, 11) is -2.17. The third-order valence-corrected chi connectivity index (χ3v) is 13.3. The topological polar surface area (TPSA) is 52.6 Å². The normalized spacial score (nSPS) is 35.5. The predicted molar refractivity (Wildman–Crippen MR) is 125 cm³/mol. The molecule has 1 fully saturated rings. The summed E-state index contributed by atoms with van der Waals surface area (Å²) in [4.78, 5) is 26.9. The minimum absolute atomic E-state index is 0.0143. The van der Waals surface area contributed by atoms with Crippen molar-refractivity contribution in [3.8, 4) is 0 Å². The lowest BCUT2D eigenvalue weighted by atomic mass is 9.67. The number of carbonyl (C=O) groups is 2. The molecule has 1 aliphatic heterocycles. The van der Waals surface area contributed by atoms with Crippen molar-refractivity contribution in [3.63, 3.8) is 0 Å². The zero-order valence-electron chi connectivity index (χ0n) is 20.6. The number of hydrogen-bond acceptors (Lipinski definition) is 4. The zero-order chi connectivity index (χ0) is 23.1. The number of fused-ring (bicyclic) bond motifs is 1. The standard InChI is InChI=1S/C26H38O4Si/c1-15(2)17-22(30-31(8,9)24(3,4)5)20(27)19-21-18-16(23(28)29-21)11-10-12-25(18,6)13-14-26(17,19)7/h10,12,15,17,22H,11,13-14H2,1-9H3/t17-,22-,25+,26+/m0/s1. The number of ketones is 1. The van der Waals surface area contributed by atoms with Crippen LogP contribution < -0.4 is 0 Å². The van der Waals surface area contributed by atoms with Crippen LogP contribution in [0.25, 0.3) is 0 Å². The molecule has 4 rings (SSSR count). The summed E-state index contributed by atoms with van der Waals surface area (Å²) < 4.78 is 12.7. The van der Waals surface area contributed by atoms with Gasteiger partial charge in [0.2, 0.25) is 0 Å². The lowest BCUT2D eigenvalue weighted by Crippen LogP contribution is -2.48. The van der Waals surface area contributed by atoms with Crippen LogP contribution in [0.15, 0.2) is 34.6 Å². The molecule has 4 aliphatic rings. The van der Waals surface area contributed by atoms with E-state index in [4.69, 9.17) is 9.16 Å². The van der Waals surface area contributed by atoms with E-state index in [0.717, 1.165) is 24.0 Å². The summed E-state index contributed by atoms with van der Waals surface area (Å²) in [5, 5.41) is 0.0143. The second-order valence-corrected chi connectivity index (χ2v) is 17.1. The molecule has 0 bridgehead atoms. The Morgan fingerprint density at radius 1 is 1.13 bits per heavy atom. The van der Waals surface area contributed by atoms with E-state index < -0.39 is 14.4 Å². The molecule has 0 aromatic heterocycles. The molecule has 0 aromatic carbocycles. The Bertz CT molecular complexity index is 945. The van der Waals surface area contributed by atoms with Crippen molar-refractivity contribution in [3.05, 3.63) is 34.6 Å². The highest BCUT2D eigenvalue weighted by molar-refractivity contribution is 6.74. The van der Waals surface area contributed by atoms with E-state index in [0.29, 0.717) is 17.8 Å². The first kappa shape index (κ1) is 22.7. The molecular weight excluding hydrogens is 404 g/mol.